The van der Waals surface area contributed by atoms with Gasteiger partial charge < -0.3 is 24.0 Å². The minimum absolute atomic E-state index is 0.0224. The maximum absolute atomic E-state index is 13.3. The molecule has 0 aliphatic carbocycles. The maximum atomic E-state index is 13.3. The molecule has 3 saturated heterocycles. The Bertz CT molecular complexity index is 708. The van der Waals surface area contributed by atoms with Crippen LogP contribution in [0.1, 0.15) is 23.2 Å². The largest absolute Gasteiger partial charge is 0.497 e. The highest BCUT2D eigenvalue weighted by molar-refractivity contribution is 5.95. The van der Waals surface area contributed by atoms with Crippen LogP contribution in [-0.2, 0) is 14.3 Å². The molecule has 28 heavy (non-hydrogen) atoms. The third kappa shape index (κ3) is 3.61. The lowest BCUT2D eigenvalue weighted by molar-refractivity contribution is -0.144. The number of carbonyl (C=O) groups is 2. The summed E-state index contributed by atoms with van der Waals surface area (Å²) in [5, 5.41) is 0. The van der Waals surface area contributed by atoms with Crippen LogP contribution < -0.4 is 4.74 Å². The molecule has 4 rings (SSSR count). The maximum Gasteiger partial charge on any atom is 0.253 e. The Kier molecular flexibility index (Phi) is 5.55. The average molecular weight is 388 g/mol. The van der Waals surface area contributed by atoms with Gasteiger partial charge in [-0.2, -0.15) is 0 Å². The number of likely N-dealkylation sites (tertiary alicyclic amines) is 1. The summed E-state index contributed by atoms with van der Waals surface area (Å²) in [6.07, 6.45) is 1.64. The third-order valence-electron chi connectivity index (χ3n) is 6.38. The molecular formula is C21H28N2O5. The van der Waals surface area contributed by atoms with Crippen LogP contribution in [0.25, 0.3) is 0 Å². The van der Waals surface area contributed by atoms with E-state index in [0.717, 1.165) is 18.6 Å². The molecule has 0 radical (unpaired) electrons. The first kappa shape index (κ1) is 19.2. The molecule has 2 amide bonds. The fourth-order valence-electron chi connectivity index (χ4n) is 4.67. The molecule has 3 aliphatic heterocycles. The van der Waals surface area contributed by atoms with E-state index in [0.29, 0.717) is 58.2 Å². The van der Waals surface area contributed by atoms with E-state index in [-0.39, 0.29) is 23.1 Å². The summed E-state index contributed by atoms with van der Waals surface area (Å²) in [7, 11) is 1.61. The van der Waals surface area contributed by atoms with Gasteiger partial charge in [-0.25, -0.2) is 0 Å². The van der Waals surface area contributed by atoms with Gasteiger partial charge in [-0.1, -0.05) is 0 Å². The molecule has 7 nitrogen and oxygen atoms in total. The van der Waals surface area contributed by atoms with Crippen molar-refractivity contribution < 1.29 is 23.8 Å². The summed E-state index contributed by atoms with van der Waals surface area (Å²) < 4.78 is 16.2. The predicted molar refractivity (Wildman–Crippen MR) is 102 cm³/mol. The smallest absolute Gasteiger partial charge is 0.253 e. The van der Waals surface area contributed by atoms with Crippen molar-refractivity contribution in [2.45, 2.75) is 12.8 Å². The van der Waals surface area contributed by atoms with Crippen molar-refractivity contribution in [3.8, 4) is 5.75 Å². The third-order valence-corrected chi connectivity index (χ3v) is 6.38. The Balaban J connectivity index is 1.55. The van der Waals surface area contributed by atoms with E-state index in [1.807, 2.05) is 9.80 Å². The quantitative estimate of drug-likeness (QED) is 0.784. The van der Waals surface area contributed by atoms with E-state index in [2.05, 4.69) is 0 Å². The van der Waals surface area contributed by atoms with Crippen LogP contribution in [0.5, 0.6) is 5.75 Å². The van der Waals surface area contributed by atoms with Crippen LogP contribution in [0, 0.1) is 11.3 Å². The Morgan fingerprint density at radius 1 is 1.00 bits per heavy atom. The van der Waals surface area contributed by atoms with Crippen molar-refractivity contribution in [2.24, 2.45) is 11.3 Å². The van der Waals surface area contributed by atoms with Crippen LogP contribution in [0.4, 0.5) is 0 Å². The number of carbonyl (C=O) groups excluding carboxylic acids is 2. The van der Waals surface area contributed by atoms with E-state index >= 15 is 0 Å². The number of hydrogen-bond acceptors (Lipinski definition) is 5. The highest BCUT2D eigenvalue weighted by atomic mass is 16.5. The number of hydrogen-bond donors (Lipinski definition) is 0. The van der Waals surface area contributed by atoms with Crippen LogP contribution in [0.3, 0.4) is 0 Å². The fraction of sp³-hybridized carbons (Fsp3) is 0.619. The van der Waals surface area contributed by atoms with Crippen molar-refractivity contribution in [1.82, 2.24) is 9.80 Å². The lowest BCUT2D eigenvalue weighted by atomic mass is 9.71. The van der Waals surface area contributed by atoms with Gasteiger partial charge in [-0.15, -0.1) is 0 Å². The standard InChI is InChI=1S/C21H28N2O5/c1-26-17-4-2-16(3-5-17)19(24)23-14-18(20(25)22-8-12-28-13-9-22)21(15-23)6-10-27-11-7-21/h2-5,18H,6-15H2,1H3. The van der Waals surface area contributed by atoms with E-state index in [9.17, 15) is 9.59 Å². The van der Waals surface area contributed by atoms with Crippen molar-refractivity contribution in [1.29, 1.82) is 0 Å². The summed E-state index contributed by atoms with van der Waals surface area (Å²) >= 11 is 0. The second kappa shape index (κ2) is 8.09. The first-order valence-electron chi connectivity index (χ1n) is 10.0. The second-order valence-corrected chi connectivity index (χ2v) is 7.88. The van der Waals surface area contributed by atoms with E-state index in [1.165, 1.54) is 0 Å². The molecule has 152 valence electrons. The number of methoxy groups -OCH3 is 1. The minimum atomic E-state index is -0.185. The van der Waals surface area contributed by atoms with Gasteiger partial charge in [-0.05, 0) is 37.1 Å². The van der Waals surface area contributed by atoms with Gasteiger partial charge in [0.2, 0.25) is 5.91 Å². The number of amides is 2. The molecule has 3 fully saturated rings. The lowest BCUT2D eigenvalue weighted by Crippen LogP contribution is -2.49. The van der Waals surface area contributed by atoms with Gasteiger partial charge in [0.25, 0.3) is 5.91 Å². The SMILES string of the molecule is COc1ccc(C(=O)N2CC(C(=O)N3CCOCC3)C3(CCOCC3)C2)cc1. The Labute approximate surface area is 165 Å². The molecule has 3 aliphatic rings. The Morgan fingerprint density at radius 3 is 2.29 bits per heavy atom. The van der Waals surface area contributed by atoms with Gasteiger partial charge >= 0.3 is 0 Å². The van der Waals surface area contributed by atoms with Crippen molar-refractivity contribution in [2.75, 3.05) is 59.7 Å². The highest BCUT2D eigenvalue weighted by Gasteiger charge is 2.52. The van der Waals surface area contributed by atoms with Crippen molar-refractivity contribution >= 4 is 11.8 Å². The molecule has 1 spiro atoms. The van der Waals surface area contributed by atoms with Gasteiger partial charge in [-0.3, -0.25) is 9.59 Å². The molecule has 1 unspecified atom stereocenters. The zero-order chi connectivity index (χ0) is 19.6. The first-order valence-corrected chi connectivity index (χ1v) is 10.0. The van der Waals surface area contributed by atoms with Gasteiger partial charge in [0.15, 0.2) is 0 Å². The second-order valence-electron chi connectivity index (χ2n) is 7.88. The molecule has 1 aromatic carbocycles. The minimum Gasteiger partial charge on any atom is -0.497 e. The predicted octanol–water partition coefficient (Wildman–Crippen LogP) is 1.42. The van der Waals surface area contributed by atoms with E-state index < -0.39 is 0 Å². The molecule has 0 N–H and O–H groups in total. The Hall–Kier alpha value is -2.12. The van der Waals surface area contributed by atoms with Crippen LogP contribution >= 0.6 is 0 Å². The van der Waals surface area contributed by atoms with Gasteiger partial charge in [0.1, 0.15) is 5.75 Å². The van der Waals surface area contributed by atoms with E-state index in [1.54, 1.807) is 31.4 Å². The molecule has 0 aromatic heterocycles. The Morgan fingerprint density at radius 2 is 1.64 bits per heavy atom. The van der Waals surface area contributed by atoms with Crippen LogP contribution in [0.15, 0.2) is 24.3 Å². The molecule has 1 aromatic rings. The molecule has 0 saturated carbocycles. The van der Waals surface area contributed by atoms with Crippen molar-refractivity contribution in [3.63, 3.8) is 0 Å². The van der Waals surface area contributed by atoms with Crippen molar-refractivity contribution in [3.05, 3.63) is 29.8 Å². The molecule has 1 atom stereocenters. The summed E-state index contributed by atoms with van der Waals surface area (Å²) in [6, 6.07) is 7.16. The number of morpholine rings is 1. The molecule has 3 heterocycles. The zero-order valence-corrected chi connectivity index (χ0v) is 16.4. The van der Waals surface area contributed by atoms with Gasteiger partial charge in [0, 0.05) is 50.4 Å². The number of rotatable bonds is 3. The average Bonchev–Trinajstić information content (AvgIpc) is 3.12. The summed E-state index contributed by atoms with van der Waals surface area (Å²) in [5.41, 5.74) is 0.443. The topological polar surface area (TPSA) is 68.3 Å². The monoisotopic (exact) mass is 388 g/mol. The summed E-state index contributed by atoms with van der Waals surface area (Å²) in [6.45, 7) is 4.83. The zero-order valence-electron chi connectivity index (χ0n) is 16.4. The summed E-state index contributed by atoms with van der Waals surface area (Å²) in [5.74, 6) is 0.692. The first-order chi connectivity index (χ1) is 13.6. The number of nitrogens with zero attached hydrogens (tertiary/aromatic N) is 2. The number of ether oxygens (including phenoxy) is 3. The summed E-state index contributed by atoms with van der Waals surface area (Å²) in [4.78, 5) is 30.2. The normalized spacial score (nSPS) is 24.4. The number of benzene rings is 1. The molecular weight excluding hydrogens is 360 g/mol. The molecule has 0 bridgehead atoms. The lowest BCUT2D eigenvalue weighted by Gasteiger charge is -2.39. The van der Waals surface area contributed by atoms with Crippen LogP contribution in [0.2, 0.25) is 0 Å². The van der Waals surface area contributed by atoms with Crippen LogP contribution in [-0.4, -0.2) is 81.3 Å². The molecule has 7 heteroatoms. The fourth-order valence-corrected chi connectivity index (χ4v) is 4.67. The van der Waals surface area contributed by atoms with E-state index in [4.69, 9.17) is 14.2 Å². The van der Waals surface area contributed by atoms with Gasteiger partial charge in [0.05, 0.1) is 26.2 Å². The highest BCUT2D eigenvalue weighted by Crippen LogP contribution is 2.45.